The van der Waals surface area contributed by atoms with Crippen LogP contribution in [0.25, 0.3) is 0 Å². The number of aromatic carboxylic acids is 1. The van der Waals surface area contributed by atoms with Gasteiger partial charge in [-0.25, -0.2) is 9.78 Å². The first-order chi connectivity index (χ1) is 8.16. The molecule has 2 aromatic heterocycles. The van der Waals surface area contributed by atoms with Crippen molar-refractivity contribution in [3.8, 4) is 0 Å². The SMILES string of the molecule is O=C(NCc1cncs1)c1csc(C(=O)O)n1. The van der Waals surface area contributed by atoms with E-state index in [9.17, 15) is 9.59 Å². The van der Waals surface area contributed by atoms with Gasteiger partial charge in [0.05, 0.1) is 12.1 Å². The third-order valence-electron chi connectivity index (χ3n) is 1.83. The van der Waals surface area contributed by atoms with Gasteiger partial charge >= 0.3 is 5.97 Å². The van der Waals surface area contributed by atoms with Gasteiger partial charge in [-0.2, -0.15) is 0 Å². The van der Waals surface area contributed by atoms with E-state index in [2.05, 4.69) is 15.3 Å². The van der Waals surface area contributed by atoms with E-state index in [1.54, 1.807) is 11.7 Å². The van der Waals surface area contributed by atoms with Gasteiger partial charge in [0, 0.05) is 16.5 Å². The number of hydrogen-bond acceptors (Lipinski definition) is 6. The van der Waals surface area contributed by atoms with Gasteiger partial charge < -0.3 is 10.4 Å². The average molecular weight is 269 g/mol. The molecule has 0 unspecified atom stereocenters. The fraction of sp³-hybridized carbons (Fsp3) is 0.111. The molecular weight excluding hydrogens is 262 g/mol. The molecule has 2 N–H and O–H groups in total. The molecule has 0 saturated carbocycles. The molecule has 0 fully saturated rings. The number of rotatable bonds is 4. The molecule has 0 aliphatic carbocycles. The Morgan fingerprint density at radius 3 is 2.82 bits per heavy atom. The zero-order valence-electron chi connectivity index (χ0n) is 8.41. The largest absolute Gasteiger partial charge is 0.476 e. The van der Waals surface area contributed by atoms with Crippen molar-refractivity contribution < 1.29 is 14.7 Å². The quantitative estimate of drug-likeness (QED) is 0.870. The molecule has 0 radical (unpaired) electrons. The van der Waals surface area contributed by atoms with E-state index in [1.165, 1.54) is 16.7 Å². The van der Waals surface area contributed by atoms with Gasteiger partial charge in [0.25, 0.3) is 5.91 Å². The van der Waals surface area contributed by atoms with Crippen molar-refractivity contribution in [1.29, 1.82) is 0 Å². The predicted octanol–water partition coefficient (Wildman–Crippen LogP) is 1.23. The highest BCUT2D eigenvalue weighted by Gasteiger charge is 2.14. The Hall–Kier alpha value is -1.80. The summed E-state index contributed by atoms with van der Waals surface area (Å²) in [5.74, 6) is -1.52. The Morgan fingerprint density at radius 2 is 2.24 bits per heavy atom. The number of hydrogen-bond donors (Lipinski definition) is 2. The van der Waals surface area contributed by atoms with Crippen LogP contribution in [0.4, 0.5) is 0 Å². The van der Waals surface area contributed by atoms with Gasteiger partial charge in [-0.1, -0.05) is 0 Å². The number of carboxylic acids is 1. The Balaban J connectivity index is 1.97. The van der Waals surface area contributed by atoms with Crippen molar-refractivity contribution in [1.82, 2.24) is 15.3 Å². The molecule has 2 aromatic rings. The third-order valence-corrected chi connectivity index (χ3v) is 3.44. The van der Waals surface area contributed by atoms with Crippen LogP contribution in [-0.4, -0.2) is 27.0 Å². The molecule has 2 heterocycles. The van der Waals surface area contributed by atoms with Crippen molar-refractivity contribution in [3.63, 3.8) is 0 Å². The molecule has 0 aliphatic rings. The second-order valence-electron chi connectivity index (χ2n) is 2.99. The van der Waals surface area contributed by atoms with E-state index >= 15 is 0 Å². The van der Waals surface area contributed by atoms with E-state index in [-0.39, 0.29) is 16.6 Å². The standard InChI is InChI=1S/C9H7N3O3S2/c13-7(11-2-5-1-10-4-17-5)6-3-16-8(12-6)9(14)15/h1,3-4H,2H2,(H,11,13)(H,14,15). The van der Waals surface area contributed by atoms with E-state index in [0.717, 1.165) is 16.2 Å². The van der Waals surface area contributed by atoms with E-state index in [1.807, 2.05) is 0 Å². The number of carbonyl (C=O) groups is 2. The molecule has 2 rings (SSSR count). The lowest BCUT2D eigenvalue weighted by molar-refractivity contribution is 0.0696. The van der Waals surface area contributed by atoms with Gasteiger partial charge in [-0.15, -0.1) is 22.7 Å². The van der Waals surface area contributed by atoms with Crippen LogP contribution in [0.3, 0.4) is 0 Å². The highest BCUT2D eigenvalue weighted by molar-refractivity contribution is 7.11. The summed E-state index contributed by atoms with van der Waals surface area (Å²) in [5.41, 5.74) is 1.80. The zero-order chi connectivity index (χ0) is 12.3. The van der Waals surface area contributed by atoms with Gasteiger partial charge in [0.2, 0.25) is 5.01 Å². The highest BCUT2D eigenvalue weighted by Crippen LogP contribution is 2.10. The topological polar surface area (TPSA) is 92.2 Å². The molecule has 6 nitrogen and oxygen atoms in total. The second kappa shape index (κ2) is 5.02. The van der Waals surface area contributed by atoms with Crippen LogP contribution >= 0.6 is 22.7 Å². The number of nitrogens with one attached hydrogen (secondary N) is 1. The fourth-order valence-electron chi connectivity index (χ4n) is 1.06. The van der Waals surface area contributed by atoms with Crippen molar-refractivity contribution >= 4 is 34.6 Å². The summed E-state index contributed by atoms with van der Waals surface area (Å²) in [5, 5.41) is 12.6. The molecule has 0 aliphatic heterocycles. The lowest BCUT2D eigenvalue weighted by atomic mass is 10.4. The molecule has 8 heteroatoms. The first-order valence-corrected chi connectivity index (χ1v) is 6.27. The van der Waals surface area contributed by atoms with Crippen LogP contribution in [0.5, 0.6) is 0 Å². The number of thiazole rings is 2. The summed E-state index contributed by atoms with van der Waals surface area (Å²) in [6, 6.07) is 0. The lowest BCUT2D eigenvalue weighted by Gasteiger charge is -1.99. The van der Waals surface area contributed by atoms with Crippen molar-refractivity contribution in [2.75, 3.05) is 0 Å². The molecule has 0 spiro atoms. The van der Waals surface area contributed by atoms with Crippen LogP contribution < -0.4 is 5.32 Å². The molecule has 0 bridgehead atoms. The summed E-state index contributed by atoms with van der Waals surface area (Å²) in [6.07, 6.45) is 1.66. The maximum Gasteiger partial charge on any atom is 0.365 e. The van der Waals surface area contributed by atoms with Gasteiger partial charge in [0.15, 0.2) is 0 Å². The average Bonchev–Trinajstić information content (AvgIpc) is 2.96. The molecule has 0 atom stereocenters. The first-order valence-electron chi connectivity index (χ1n) is 4.51. The Labute approximate surface area is 104 Å². The molecular formula is C9H7N3O3S2. The van der Waals surface area contributed by atoms with Crippen molar-refractivity contribution in [3.05, 3.63) is 32.7 Å². The number of nitrogens with zero attached hydrogens (tertiary/aromatic N) is 2. The molecule has 0 aromatic carbocycles. The molecule has 1 amide bonds. The minimum absolute atomic E-state index is 0.0899. The summed E-state index contributed by atoms with van der Waals surface area (Å²) in [7, 11) is 0. The Bertz CT molecular complexity index is 535. The van der Waals surface area contributed by atoms with Gasteiger partial charge in [0.1, 0.15) is 5.69 Å². The molecule has 88 valence electrons. The van der Waals surface area contributed by atoms with Crippen LogP contribution in [0.1, 0.15) is 25.2 Å². The Morgan fingerprint density at radius 1 is 1.41 bits per heavy atom. The number of carbonyl (C=O) groups excluding carboxylic acids is 1. The van der Waals surface area contributed by atoms with Crippen LogP contribution in [0.15, 0.2) is 17.1 Å². The van der Waals surface area contributed by atoms with E-state index in [4.69, 9.17) is 5.11 Å². The maximum absolute atomic E-state index is 11.6. The fourth-order valence-corrected chi connectivity index (χ4v) is 2.23. The Kier molecular flexibility index (Phi) is 3.45. The van der Waals surface area contributed by atoms with E-state index in [0.29, 0.717) is 6.54 Å². The normalized spacial score (nSPS) is 10.1. The van der Waals surface area contributed by atoms with Crippen LogP contribution in [0.2, 0.25) is 0 Å². The molecule has 17 heavy (non-hydrogen) atoms. The third kappa shape index (κ3) is 2.86. The minimum Gasteiger partial charge on any atom is -0.476 e. The lowest BCUT2D eigenvalue weighted by Crippen LogP contribution is -2.22. The van der Waals surface area contributed by atoms with Crippen molar-refractivity contribution in [2.24, 2.45) is 0 Å². The summed E-state index contributed by atoms with van der Waals surface area (Å²) in [6.45, 7) is 0.365. The van der Waals surface area contributed by atoms with Crippen molar-refractivity contribution in [2.45, 2.75) is 6.54 Å². The zero-order valence-corrected chi connectivity index (χ0v) is 10.0. The summed E-state index contributed by atoms with van der Waals surface area (Å²) >= 11 is 2.36. The summed E-state index contributed by atoms with van der Waals surface area (Å²) < 4.78 is 0. The monoisotopic (exact) mass is 269 g/mol. The van der Waals surface area contributed by atoms with Gasteiger partial charge in [-0.05, 0) is 0 Å². The van der Waals surface area contributed by atoms with Gasteiger partial charge in [-0.3, -0.25) is 9.78 Å². The minimum atomic E-state index is -1.13. The van der Waals surface area contributed by atoms with Crippen LogP contribution in [0, 0.1) is 0 Å². The maximum atomic E-state index is 11.6. The smallest absolute Gasteiger partial charge is 0.365 e. The predicted molar refractivity (Wildman–Crippen MR) is 62.4 cm³/mol. The highest BCUT2D eigenvalue weighted by atomic mass is 32.1. The second-order valence-corrected chi connectivity index (χ2v) is 4.82. The van der Waals surface area contributed by atoms with E-state index < -0.39 is 5.97 Å². The number of amides is 1. The first kappa shape index (κ1) is 11.7. The molecule has 0 saturated heterocycles. The summed E-state index contributed by atoms with van der Waals surface area (Å²) in [4.78, 5) is 30.7. The van der Waals surface area contributed by atoms with Crippen LogP contribution in [-0.2, 0) is 6.54 Å². The number of aromatic nitrogens is 2. The number of carboxylic acid groups (broad SMARTS) is 1.